The molecule has 1 amide bonds. The molecule has 23 heavy (non-hydrogen) atoms. The van der Waals surface area contributed by atoms with Crippen molar-refractivity contribution in [1.29, 1.82) is 0 Å². The van der Waals surface area contributed by atoms with Crippen LogP contribution >= 0.6 is 23.2 Å². The van der Waals surface area contributed by atoms with Crippen LogP contribution in [0.25, 0.3) is 6.08 Å². The van der Waals surface area contributed by atoms with Gasteiger partial charge in [-0.3, -0.25) is 4.79 Å². The van der Waals surface area contributed by atoms with Crippen molar-refractivity contribution in [1.82, 2.24) is 0 Å². The molecular weight excluding hydrogens is 357 g/mol. The highest BCUT2D eigenvalue weighted by atomic mass is 35.5. The van der Waals surface area contributed by atoms with Gasteiger partial charge in [0.1, 0.15) is 0 Å². The number of anilines is 1. The van der Waals surface area contributed by atoms with E-state index in [0.29, 0.717) is 21.3 Å². The normalized spacial score (nSPS) is 11.6. The first kappa shape index (κ1) is 17.5. The van der Waals surface area contributed by atoms with Crippen LogP contribution in [0.4, 0.5) is 5.69 Å². The van der Waals surface area contributed by atoms with Crippen LogP contribution in [-0.2, 0) is 14.6 Å². The standard InChI is InChI=1S/C16H13Cl2NO3S/c1-23(21,22)14-6-4-13(5-7-14)19-16(20)9-2-11-10-12(17)3-8-15(11)18/h2-10H,1H3,(H,19,20)/b9-2+. The first-order chi connectivity index (χ1) is 10.8. The van der Waals surface area contributed by atoms with Gasteiger partial charge >= 0.3 is 0 Å². The van der Waals surface area contributed by atoms with E-state index in [9.17, 15) is 13.2 Å². The average Bonchev–Trinajstić information content (AvgIpc) is 2.48. The Bertz CT molecular complexity index is 859. The number of rotatable bonds is 4. The van der Waals surface area contributed by atoms with Crippen LogP contribution in [0.5, 0.6) is 0 Å². The van der Waals surface area contributed by atoms with Gasteiger partial charge in [-0.05, 0) is 54.1 Å². The number of nitrogens with one attached hydrogen (secondary N) is 1. The Morgan fingerprint density at radius 2 is 1.74 bits per heavy atom. The van der Waals surface area contributed by atoms with Crippen LogP contribution in [0.3, 0.4) is 0 Å². The largest absolute Gasteiger partial charge is 0.323 e. The summed E-state index contributed by atoms with van der Waals surface area (Å²) in [5.74, 6) is -0.367. The van der Waals surface area contributed by atoms with Gasteiger partial charge in [-0.15, -0.1) is 0 Å². The van der Waals surface area contributed by atoms with Gasteiger partial charge in [0, 0.05) is 28.1 Å². The van der Waals surface area contributed by atoms with Crippen molar-refractivity contribution in [2.24, 2.45) is 0 Å². The molecule has 0 aromatic heterocycles. The minimum absolute atomic E-state index is 0.191. The number of carbonyl (C=O) groups is 1. The quantitative estimate of drug-likeness (QED) is 0.826. The molecule has 2 rings (SSSR count). The molecule has 0 fully saturated rings. The molecule has 7 heteroatoms. The molecule has 1 N–H and O–H groups in total. The molecule has 2 aromatic carbocycles. The lowest BCUT2D eigenvalue weighted by Gasteiger charge is -2.04. The molecule has 2 aromatic rings. The van der Waals surface area contributed by atoms with Crippen molar-refractivity contribution < 1.29 is 13.2 Å². The second-order valence-corrected chi connectivity index (χ2v) is 7.64. The van der Waals surface area contributed by atoms with Crippen LogP contribution in [0.1, 0.15) is 5.56 Å². The molecule has 0 saturated heterocycles. The Labute approximate surface area is 144 Å². The van der Waals surface area contributed by atoms with E-state index >= 15 is 0 Å². The highest BCUT2D eigenvalue weighted by molar-refractivity contribution is 7.90. The minimum atomic E-state index is -3.26. The van der Waals surface area contributed by atoms with E-state index in [1.807, 2.05) is 0 Å². The summed E-state index contributed by atoms with van der Waals surface area (Å²) in [6.45, 7) is 0. The van der Waals surface area contributed by atoms with E-state index in [2.05, 4.69) is 5.32 Å². The Balaban J connectivity index is 2.07. The van der Waals surface area contributed by atoms with Gasteiger partial charge in [-0.1, -0.05) is 23.2 Å². The molecule has 0 aliphatic rings. The number of hydrogen-bond acceptors (Lipinski definition) is 3. The molecule has 0 aliphatic heterocycles. The third-order valence-corrected chi connectivity index (χ3v) is 4.63. The van der Waals surface area contributed by atoms with Crippen LogP contribution < -0.4 is 5.32 Å². The van der Waals surface area contributed by atoms with Crippen LogP contribution in [0.2, 0.25) is 10.0 Å². The van der Waals surface area contributed by atoms with E-state index < -0.39 is 9.84 Å². The van der Waals surface area contributed by atoms with Crippen LogP contribution in [0.15, 0.2) is 53.4 Å². The smallest absolute Gasteiger partial charge is 0.248 e. The van der Waals surface area contributed by atoms with Crippen molar-refractivity contribution in [2.75, 3.05) is 11.6 Å². The number of hydrogen-bond donors (Lipinski definition) is 1. The van der Waals surface area contributed by atoms with Gasteiger partial charge in [0.05, 0.1) is 4.90 Å². The first-order valence-corrected chi connectivity index (χ1v) is 9.15. The number of sulfone groups is 1. The molecule has 120 valence electrons. The van der Waals surface area contributed by atoms with Crippen molar-refractivity contribution in [3.8, 4) is 0 Å². The zero-order chi connectivity index (χ0) is 17.0. The summed E-state index contributed by atoms with van der Waals surface area (Å²) in [7, 11) is -3.26. The molecule has 4 nitrogen and oxygen atoms in total. The van der Waals surface area contributed by atoms with Gasteiger partial charge in [0.2, 0.25) is 5.91 Å². The maximum absolute atomic E-state index is 11.9. The van der Waals surface area contributed by atoms with Gasteiger partial charge in [-0.25, -0.2) is 8.42 Å². The fraction of sp³-hybridized carbons (Fsp3) is 0.0625. The second kappa shape index (κ2) is 7.17. The number of carbonyl (C=O) groups excluding carboxylic acids is 1. The van der Waals surface area contributed by atoms with Crippen LogP contribution in [0, 0.1) is 0 Å². The topological polar surface area (TPSA) is 63.2 Å². The van der Waals surface area contributed by atoms with E-state index in [-0.39, 0.29) is 10.8 Å². The molecule has 0 saturated carbocycles. The summed E-state index contributed by atoms with van der Waals surface area (Å²) < 4.78 is 22.7. The number of halogens is 2. The van der Waals surface area contributed by atoms with Gasteiger partial charge in [0.15, 0.2) is 9.84 Å². The Morgan fingerprint density at radius 3 is 2.35 bits per heavy atom. The van der Waals surface area contributed by atoms with E-state index in [1.54, 1.807) is 24.3 Å². The zero-order valence-corrected chi connectivity index (χ0v) is 14.4. The highest BCUT2D eigenvalue weighted by Gasteiger charge is 2.06. The van der Waals surface area contributed by atoms with Crippen molar-refractivity contribution >= 4 is 50.7 Å². The predicted molar refractivity (Wildman–Crippen MR) is 93.7 cm³/mol. The average molecular weight is 370 g/mol. The molecule has 0 spiro atoms. The molecule has 0 unspecified atom stereocenters. The molecule has 0 bridgehead atoms. The van der Waals surface area contributed by atoms with E-state index in [0.717, 1.165) is 6.26 Å². The third kappa shape index (κ3) is 5.10. The summed E-state index contributed by atoms with van der Waals surface area (Å²) >= 11 is 11.9. The van der Waals surface area contributed by atoms with Gasteiger partial charge < -0.3 is 5.32 Å². The fourth-order valence-corrected chi connectivity index (χ4v) is 2.77. The summed E-state index contributed by atoms with van der Waals surface area (Å²) in [5, 5.41) is 3.63. The van der Waals surface area contributed by atoms with Crippen molar-refractivity contribution in [3.63, 3.8) is 0 Å². The summed E-state index contributed by atoms with van der Waals surface area (Å²) in [4.78, 5) is 12.1. The molecule has 0 aliphatic carbocycles. The summed E-state index contributed by atoms with van der Waals surface area (Å²) in [6, 6.07) is 10.9. The maximum Gasteiger partial charge on any atom is 0.248 e. The first-order valence-electron chi connectivity index (χ1n) is 6.50. The summed E-state index contributed by atoms with van der Waals surface area (Å²) in [6.07, 6.45) is 3.99. The van der Waals surface area contributed by atoms with Crippen molar-refractivity contribution in [2.45, 2.75) is 4.90 Å². The second-order valence-electron chi connectivity index (χ2n) is 4.78. The van der Waals surface area contributed by atoms with Crippen LogP contribution in [-0.4, -0.2) is 20.6 Å². The molecular formula is C16H13Cl2NO3S. The Hall–Kier alpha value is -1.82. The number of amides is 1. The predicted octanol–water partition coefficient (Wildman–Crippen LogP) is 4.05. The Morgan fingerprint density at radius 1 is 1.09 bits per heavy atom. The molecule has 0 atom stereocenters. The lowest BCUT2D eigenvalue weighted by Crippen LogP contribution is -2.08. The maximum atomic E-state index is 11.9. The minimum Gasteiger partial charge on any atom is -0.323 e. The molecule has 0 heterocycles. The lowest BCUT2D eigenvalue weighted by molar-refractivity contribution is -0.111. The van der Waals surface area contributed by atoms with Crippen molar-refractivity contribution in [3.05, 3.63) is 64.1 Å². The lowest BCUT2D eigenvalue weighted by atomic mass is 10.2. The third-order valence-electron chi connectivity index (χ3n) is 2.92. The monoisotopic (exact) mass is 369 g/mol. The fourth-order valence-electron chi connectivity index (χ4n) is 1.78. The van der Waals surface area contributed by atoms with E-state index in [4.69, 9.17) is 23.2 Å². The van der Waals surface area contributed by atoms with Gasteiger partial charge in [0.25, 0.3) is 0 Å². The van der Waals surface area contributed by atoms with E-state index in [1.165, 1.54) is 30.3 Å². The number of benzene rings is 2. The zero-order valence-electron chi connectivity index (χ0n) is 12.1. The highest BCUT2D eigenvalue weighted by Crippen LogP contribution is 2.22. The molecule has 0 radical (unpaired) electrons. The summed E-state index contributed by atoms with van der Waals surface area (Å²) in [5.41, 5.74) is 1.12. The Kier molecular flexibility index (Phi) is 5.46. The van der Waals surface area contributed by atoms with Gasteiger partial charge in [-0.2, -0.15) is 0 Å². The SMILES string of the molecule is CS(=O)(=O)c1ccc(NC(=O)/C=C/c2cc(Cl)ccc2Cl)cc1.